The minimum absolute atomic E-state index is 0.0152. The summed E-state index contributed by atoms with van der Waals surface area (Å²) in [5.41, 5.74) is 0.459. The summed E-state index contributed by atoms with van der Waals surface area (Å²) in [4.78, 5) is 23.0. The first-order chi connectivity index (χ1) is 10.2. The first-order valence-corrected chi connectivity index (χ1v) is 8.10. The van der Waals surface area contributed by atoms with Crippen LogP contribution in [0.2, 0.25) is 0 Å². The second-order valence-corrected chi connectivity index (χ2v) is 6.41. The van der Waals surface area contributed by atoms with Gasteiger partial charge in [-0.2, -0.15) is 0 Å². The molecule has 1 amide bonds. The molecule has 21 heavy (non-hydrogen) atoms. The third-order valence-corrected chi connectivity index (χ3v) is 4.52. The van der Waals surface area contributed by atoms with Crippen LogP contribution < -0.4 is 5.32 Å². The third-order valence-electron chi connectivity index (χ3n) is 4.52. The molecule has 1 aromatic heterocycles. The van der Waals surface area contributed by atoms with E-state index < -0.39 is 0 Å². The molecule has 2 aliphatic rings. The van der Waals surface area contributed by atoms with Gasteiger partial charge in [-0.05, 0) is 31.6 Å². The second kappa shape index (κ2) is 6.41. The van der Waals surface area contributed by atoms with Crippen LogP contribution in [0, 0.1) is 5.92 Å². The van der Waals surface area contributed by atoms with Gasteiger partial charge in [0.25, 0.3) is 5.91 Å². The average Bonchev–Trinajstić information content (AvgIpc) is 3.00. The average molecular weight is 288 g/mol. The van der Waals surface area contributed by atoms with Crippen LogP contribution in [0.3, 0.4) is 0 Å². The summed E-state index contributed by atoms with van der Waals surface area (Å²) in [7, 11) is 0. The summed E-state index contributed by atoms with van der Waals surface area (Å²) < 4.78 is 0. The zero-order valence-electron chi connectivity index (χ0n) is 12.7. The number of likely N-dealkylation sites (tertiary alicyclic amines) is 1. The molecule has 2 fully saturated rings. The fourth-order valence-electron chi connectivity index (χ4n) is 3.33. The maximum Gasteiger partial charge on any atom is 0.274 e. The lowest BCUT2D eigenvalue weighted by Crippen LogP contribution is -2.39. The molecule has 1 unspecified atom stereocenters. The van der Waals surface area contributed by atoms with Crippen molar-refractivity contribution < 1.29 is 4.79 Å². The van der Waals surface area contributed by atoms with Gasteiger partial charge in [0.2, 0.25) is 0 Å². The van der Waals surface area contributed by atoms with Crippen LogP contribution in [-0.4, -0.2) is 39.9 Å². The highest BCUT2D eigenvalue weighted by molar-refractivity contribution is 5.92. The normalized spacial score (nSPS) is 23.3. The number of amides is 1. The second-order valence-electron chi connectivity index (χ2n) is 6.41. The third kappa shape index (κ3) is 3.52. The molecule has 1 N–H and O–H groups in total. The van der Waals surface area contributed by atoms with Crippen molar-refractivity contribution in [2.24, 2.45) is 5.92 Å². The van der Waals surface area contributed by atoms with Gasteiger partial charge in [-0.15, -0.1) is 0 Å². The summed E-state index contributed by atoms with van der Waals surface area (Å²) in [5.74, 6) is 1.38. The van der Waals surface area contributed by atoms with Gasteiger partial charge in [0.1, 0.15) is 11.5 Å². The summed E-state index contributed by atoms with van der Waals surface area (Å²) in [6.07, 6.45) is 10.6. The van der Waals surface area contributed by atoms with Crippen LogP contribution in [-0.2, 0) is 0 Å². The summed E-state index contributed by atoms with van der Waals surface area (Å²) >= 11 is 0. The molecule has 3 rings (SSSR count). The summed E-state index contributed by atoms with van der Waals surface area (Å²) in [5, 5.41) is 3.40. The molecule has 1 saturated carbocycles. The number of rotatable bonds is 3. The van der Waals surface area contributed by atoms with E-state index >= 15 is 0 Å². The Morgan fingerprint density at radius 2 is 2.00 bits per heavy atom. The van der Waals surface area contributed by atoms with E-state index in [0.717, 1.165) is 25.3 Å². The molecule has 0 radical (unpaired) electrons. The number of hydrogen-bond acceptors (Lipinski definition) is 4. The molecule has 1 atom stereocenters. The Labute approximate surface area is 126 Å². The topological polar surface area (TPSA) is 58.1 Å². The fourth-order valence-corrected chi connectivity index (χ4v) is 3.33. The Bertz CT molecular complexity index is 482. The Kier molecular flexibility index (Phi) is 4.36. The van der Waals surface area contributed by atoms with E-state index in [0.29, 0.717) is 17.7 Å². The molecule has 5 heteroatoms. The van der Waals surface area contributed by atoms with Crippen LogP contribution in [0.25, 0.3) is 0 Å². The minimum atomic E-state index is 0.0152. The molecule has 0 bridgehead atoms. The molecule has 1 aliphatic heterocycles. The van der Waals surface area contributed by atoms with E-state index in [9.17, 15) is 4.79 Å². The van der Waals surface area contributed by atoms with Crippen molar-refractivity contribution in [2.75, 3.05) is 18.4 Å². The van der Waals surface area contributed by atoms with E-state index in [1.807, 2.05) is 4.90 Å². The smallest absolute Gasteiger partial charge is 0.274 e. The van der Waals surface area contributed by atoms with E-state index in [-0.39, 0.29) is 5.91 Å². The number of carbonyl (C=O) groups excluding carboxylic acids is 1. The van der Waals surface area contributed by atoms with Gasteiger partial charge in [-0.3, -0.25) is 4.79 Å². The Morgan fingerprint density at radius 3 is 2.67 bits per heavy atom. The highest BCUT2D eigenvalue weighted by atomic mass is 16.2. The van der Waals surface area contributed by atoms with Crippen molar-refractivity contribution in [3.05, 3.63) is 18.1 Å². The van der Waals surface area contributed by atoms with Gasteiger partial charge in [0.05, 0.1) is 12.4 Å². The Hall–Kier alpha value is -1.65. The van der Waals surface area contributed by atoms with E-state index in [1.54, 1.807) is 12.4 Å². The molecule has 1 aromatic rings. The lowest BCUT2D eigenvalue weighted by Gasteiger charge is -2.30. The van der Waals surface area contributed by atoms with Crippen molar-refractivity contribution in [1.29, 1.82) is 0 Å². The first-order valence-electron chi connectivity index (χ1n) is 8.10. The number of hydrogen-bond donors (Lipinski definition) is 1. The number of aromatic nitrogens is 2. The lowest BCUT2D eigenvalue weighted by atomic mass is 10.0. The van der Waals surface area contributed by atoms with Crippen molar-refractivity contribution in [3.63, 3.8) is 0 Å². The van der Waals surface area contributed by atoms with Crippen LogP contribution in [0.1, 0.15) is 55.9 Å². The van der Waals surface area contributed by atoms with E-state index in [1.165, 1.54) is 32.1 Å². The summed E-state index contributed by atoms with van der Waals surface area (Å²) in [6.45, 7) is 3.87. The molecule has 5 nitrogen and oxygen atoms in total. The standard InChI is InChI=1S/C16H24N4O/c1-12-5-4-8-20(11-12)16(21)14-9-18-15(10-17-14)19-13-6-2-3-7-13/h9-10,12-13H,2-8,11H2,1H3,(H,18,19). The number of nitrogens with zero attached hydrogens (tertiary/aromatic N) is 3. The highest BCUT2D eigenvalue weighted by Gasteiger charge is 2.23. The van der Waals surface area contributed by atoms with Crippen LogP contribution in [0.15, 0.2) is 12.4 Å². The van der Waals surface area contributed by atoms with E-state index in [4.69, 9.17) is 0 Å². The molecule has 1 saturated heterocycles. The molecular weight excluding hydrogens is 264 g/mol. The predicted octanol–water partition coefficient (Wildman–Crippen LogP) is 2.70. The van der Waals surface area contributed by atoms with Crippen molar-refractivity contribution in [1.82, 2.24) is 14.9 Å². The van der Waals surface area contributed by atoms with Gasteiger partial charge < -0.3 is 10.2 Å². The molecule has 0 aromatic carbocycles. The molecule has 2 heterocycles. The number of carbonyl (C=O) groups is 1. The zero-order chi connectivity index (χ0) is 14.7. The monoisotopic (exact) mass is 288 g/mol. The Balaban J connectivity index is 1.61. The largest absolute Gasteiger partial charge is 0.366 e. The number of anilines is 1. The maximum absolute atomic E-state index is 12.4. The van der Waals surface area contributed by atoms with Gasteiger partial charge in [-0.1, -0.05) is 19.8 Å². The first kappa shape index (κ1) is 14.3. The van der Waals surface area contributed by atoms with Crippen LogP contribution in [0.5, 0.6) is 0 Å². The van der Waals surface area contributed by atoms with Crippen LogP contribution in [0.4, 0.5) is 5.82 Å². The van der Waals surface area contributed by atoms with E-state index in [2.05, 4.69) is 22.2 Å². The molecule has 1 aliphatic carbocycles. The quantitative estimate of drug-likeness (QED) is 0.929. The molecule has 114 valence electrons. The number of nitrogens with one attached hydrogen (secondary N) is 1. The molecular formula is C16H24N4O. The predicted molar refractivity (Wildman–Crippen MR) is 82.2 cm³/mol. The Morgan fingerprint density at radius 1 is 1.19 bits per heavy atom. The van der Waals surface area contributed by atoms with Crippen molar-refractivity contribution >= 4 is 11.7 Å². The van der Waals surface area contributed by atoms with Crippen molar-refractivity contribution in [3.8, 4) is 0 Å². The van der Waals surface area contributed by atoms with Gasteiger partial charge in [0, 0.05) is 19.1 Å². The van der Waals surface area contributed by atoms with Gasteiger partial charge in [-0.25, -0.2) is 9.97 Å². The molecule has 0 spiro atoms. The highest BCUT2D eigenvalue weighted by Crippen LogP contribution is 2.21. The minimum Gasteiger partial charge on any atom is -0.366 e. The number of piperidine rings is 1. The van der Waals surface area contributed by atoms with Crippen molar-refractivity contribution in [2.45, 2.75) is 51.5 Å². The summed E-state index contributed by atoms with van der Waals surface area (Å²) in [6, 6.07) is 0.517. The van der Waals surface area contributed by atoms with Gasteiger partial charge >= 0.3 is 0 Å². The zero-order valence-corrected chi connectivity index (χ0v) is 12.7. The SMILES string of the molecule is CC1CCCN(C(=O)c2cnc(NC3CCCC3)cn2)C1. The fraction of sp³-hybridized carbons (Fsp3) is 0.688. The van der Waals surface area contributed by atoms with Gasteiger partial charge in [0.15, 0.2) is 0 Å². The van der Waals surface area contributed by atoms with Crippen LogP contribution >= 0.6 is 0 Å². The maximum atomic E-state index is 12.4. The lowest BCUT2D eigenvalue weighted by molar-refractivity contribution is 0.0676.